The molecule has 0 radical (unpaired) electrons. The van der Waals surface area contributed by atoms with Gasteiger partial charge in [0.1, 0.15) is 0 Å². The molecule has 102 valence electrons. The first kappa shape index (κ1) is 14.7. The van der Waals surface area contributed by atoms with Crippen LogP contribution in [0.15, 0.2) is 24.3 Å². The number of carboxylic acid groups (broad SMARTS) is 1. The van der Waals surface area contributed by atoms with Crippen molar-refractivity contribution in [3.05, 3.63) is 29.8 Å². The van der Waals surface area contributed by atoms with E-state index in [1.807, 2.05) is 0 Å². The Morgan fingerprint density at radius 3 is 2.53 bits per heavy atom. The third-order valence-corrected chi connectivity index (χ3v) is 2.40. The van der Waals surface area contributed by atoms with Crippen LogP contribution in [0.1, 0.15) is 29.6 Å². The summed E-state index contributed by atoms with van der Waals surface area (Å²) in [6, 6.07) is 6.46. The highest BCUT2D eigenvalue weighted by Crippen LogP contribution is 2.16. The van der Waals surface area contributed by atoms with Crippen LogP contribution in [0.4, 0.5) is 5.69 Å². The number of rotatable bonds is 6. The van der Waals surface area contributed by atoms with Crippen molar-refractivity contribution >= 4 is 23.5 Å². The van der Waals surface area contributed by atoms with Crippen LogP contribution in [-0.2, 0) is 14.3 Å². The predicted molar refractivity (Wildman–Crippen MR) is 67.9 cm³/mol. The number of hydrogen-bond donors (Lipinski definition) is 2. The van der Waals surface area contributed by atoms with Crippen molar-refractivity contribution in [3.63, 3.8) is 0 Å². The molecule has 0 bridgehead atoms. The lowest BCUT2D eigenvalue weighted by Crippen LogP contribution is -2.15. The Morgan fingerprint density at radius 2 is 1.89 bits per heavy atom. The van der Waals surface area contributed by atoms with Gasteiger partial charge in [0.2, 0.25) is 5.91 Å². The zero-order valence-corrected chi connectivity index (χ0v) is 10.5. The molecule has 2 N–H and O–H groups in total. The minimum absolute atomic E-state index is 0.0634. The second-order valence-corrected chi connectivity index (χ2v) is 3.83. The van der Waals surface area contributed by atoms with Gasteiger partial charge in [0.05, 0.1) is 18.4 Å². The Morgan fingerprint density at radius 1 is 1.21 bits per heavy atom. The number of amides is 1. The number of aliphatic carboxylic acids is 1. The Balaban J connectivity index is 2.64. The number of carbonyl (C=O) groups excluding carboxylic acids is 2. The van der Waals surface area contributed by atoms with Crippen molar-refractivity contribution in [3.8, 4) is 0 Å². The molecular weight excluding hydrogens is 250 g/mol. The van der Waals surface area contributed by atoms with Gasteiger partial charge in [0.25, 0.3) is 0 Å². The smallest absolute Gasteiger partial charge is 0.339 e. The van der Waals surface area contributed by atoms with Gasteiger partial charge in [0, 0.05) is 12.8 Å². The summed E-state index contributed by atoms with van der Waals surface area (Å²) in [4.78, 5) is 33.4. The van der Waals surface area contributed by atoms with Gasteiger partial charge in [0.15, 0.2) is 0 Å². The molecule has 0 aliphatic heterocycles. The van der Waals surface area contributed by atoms with E-state index in [-0.39, 0.29) is 30.7 Å². The summed E-state index contributed by atoms with van der Waals surface area (Å²) in [6.45, 7) is 0. The lowest BCUT2D eigenvalue weighted by Gasteiger charge is -2.09. The topological polar surface area (TPSA) is 92.7 Å². The SMILES string of the molecule is COC(=O)c1ccccc1NC(=O)CCCC(=O)O. The van der Waals surface area contributed by atoms with Gasteiger partial charge in [-0.05, 0) is 18.6 Å². The fraction of sp³-hybridized carbons (Fsp3) is 0.308. The molecule has 1 aromatic carbocycles. The summed E-state index contributed by atoms with van der Waals surface area (Å²) in [5.74, 6) is -1.82. The maximum atomic E-state index is 11.6. The van der Waals surface area contributed by atoms with Gasteiger partial charge >= 0.3 is 11.9 Å². The highest BCUT2D eigenvalue weighted by Gasteiger charge is 2.13. The molecule has 6 nitrogen and oxygen atoms in total. The summed E-state index contributed by atoms with van der Waals surface area (Å²) in [5.41, 5.74) is 0.617. The minimum Gasteiger partial charge on any atom is -0.481 e. The maximum absolute atomic E-state index is 11.6. The Bertz CT molecular complexity index is 484. The van der Waals surface area contributed by atoms with Gasteiger partial charge in [-0.3, -0.25) is 9.59 Å². The Kier molecular flexibility index (Phi) is 5.53. The van der Waals surface area contributed by atoms with Crippen molar-refractivity contribution in [1.82, 2.24) is 0 Å². The molecule has 1 rings (SSSR count). The zero-order chi connectivity index (χ0) is 14.3. The molecular formula is C13H15NO5. The van der Waals surface area contributed by atoms with Gasteiger partial charge in [-0.15, -0.1) is 0 Å². The van der Waals surface area contributed by atoms with E-state index in [0.29, 0.717) is 5.69 Å². The van der Waals surface area contributed by atoms with Crippen molar-refractivity contribution in [2.45, 2.75) is 19.3 Å². The van der Waals surface area contributed by atoms with E-state index in [4.69, 9.17) is 5.11 Å². The molecule has 0 unspecified atom stereocenters. The Hall–Kier alpha value is -2.37. The standard InChI is InChI=1S/C13H15NO5/c1-19-13(18)9-5-2-3-6-10(9)14-11(15)7-4-8-12(16)17/h2-3,5-6H,4,7-8H2,1H3,(H,14,15)(H,16,17). The fourth-order valence-electron chi connectivity index (χ4n) is 1.49. The number of methoxy groups -OCH3 is 1. The van der Waals surface area contributed by atoms with Crippen molar-refractivity contribution in [1.29, 1.82) is 0 Å². The molecule has 6 heteroatoms. The van der Waals surface area contributed by atoms with E-state index >= 15 is 0 Å². The van der Waals surface area contributed by atoms with E-state index in [9.17, 15) is 14.4 Å². The zero-order valence-electron chi connectivity index (χ0n) is 10.5. The molecule has 0 aliphatic carbocycles. The summed E-state index contributed by atoms with van der Waals surface area (Å²) < 4.78 is 4.60. The monoisotopic (exact) mass is 265 g/mol. The van der Waals surface area contributed by atoms with Gasteiger partial charge < -0.3 is 15.2 Å². The largest absolute Gasteiger partial charge is 0.481 e. The van der Waals surface area contributed by atoms with E-state index in [1.54, 1.807) is 24.3 Å². The highest BCUT2D eigenvalue weighted by atomic mass is 16.5. The fourth-order valence-corrected chi connectivity index (χ4v) is 1.49. The molecule has 1 aromatic rings. The van der Waals surface area contributed by atoms with Gasteiger partial charge in [-0.2, -0.15) is 0 Å². The van der Waals surface area contributed by atoms with Crippen LogP contribution in [0.25, 0.3) is 0 Å². The van der Waals surface area contributed by atoms with Crippen LogP contribution >= 0.6 is 0 Å². The number of ether oxygens (including phenoxy) is 1. The van der Waals surface area contributed by atoms with E-state index < -0.39 is 11.9 Å². The van der Waals surface area contributed by atoms with E-state index in [0.717, 1.165) is 0 Å². The van der Waals surface area contributed by atoms with Crippen LogP contribution in [0.5, 0.6) is 0 Å². The first-order valence-electron chi connectivity index (χ1n) is 5.73. The summed E-state index contributed by atoms with van der Waals surface area (Å²) in [5, 5.41) is 11.0. The molecule has 0 spiro atoms. The quantitative estimate of drug-likeness (QED) is 0.763. The second kappa shape index (κ2) is 7.15. The van der Waals surface area contributed by atoms with Gasteiger partial charge in [-0.1, -0.05) is 12.1 Å². The maximum Gasteiger partial charge on any atom is 0.339 e. The van der Waals surface area contributed by atoms with Crippen LogP contribution in [0, 0.1) is 0 Å². The molecule has 0 atom stereocenters. The average molecular weight is 265 g/mol. The number of hydrogen-bond acceptors (Lipinski definition) is 4. The third-order valence-electron chi connectivity index (χ3n) is 2.40. The van der Waals surface area contributed by atoms with Crippen LogP contribution < -0.4 is 5.32 Å². The number of benzene rings is 1. The normalized spacial score (nSPS) is 9.74. The summed E-state index contributed by atoms with van der Waals surface area (Å²) >= 11 is 0. The number of nitrogens with one attached hydrogen (secondary N) is 1. The van der Waals surface area contributed by atoms with E-state index in [1.165, 1.54) is 7.11 Å². The van der Waals surface area contributed by atoms with Crippen molar-refractivity contribution < 1.29 is 24.2 Å². The first-order chi connectivity index (χ1) is 9.04. The molecule has 0 saturated carbocycles. The first-order valence-corrected chi connectivity index (χ1v) is 5.73. The molecule has 0 fully saturated rings. The lowest BCUT2D eigenvalue weighted by molar-refractivity contribution is -0.137. The molecule has 0 aliphatic rings. The van der Waals surface area contributed by atoms with Crippen LogP contribution in [0.3, 0.4) is 0 Å². The summed E-state index contributed by atoms with van der Waals surface area (Å²) in [7, 11) is 1.26. The molecule has 1 amide bonds. The molecule has 0 heterocycles. The van der Waals surface area contributed by atoms with Crippen LogP contribution in [-0.4, -0.2) is 30.1 Å². The van der Waals surface area contributed by atoms with Crippen molar-refractivity contribution in [2.75, 3.05) is 12.4 Å². The Labute approximate surface area is 110 Å². The van der Waals surface area contributed by atoms with Crippen molar-refractivity contribution in [2.24, 2.45) is 0 Å². The third kappa shape index (κ3) is 4.79. The molecule has 0 aromatic heterocycles. The van der Waals surface area contributed by atoms with Crippen LogP contribution in [0.2, 0.25) is 0 Å². The number of carbonyl (C=O) groups is 3. The second-order valence-electron chi connectivity index (χ2n) is 3.83. The van der Waals surface area contributed by atoms with Gasteiger partial charge in [-0.25, -0.2) is 4.79 Å². The average Bonchev–Trinajstić information content (AvgIpc) is 2.38. The number of para-hydroxylation sites is 1. The predicted octanol–water partition coefficient (Wildman–Crippen LogP) is 1.67. The number of carboxylic acids is 1. The number of anilines is 1. The number of esters is 1. The minimum atomic E-state index is -0.942. The summed E-state index contributed by atoms with van der Waals surface area (Å²) in [6.07, 6.45) is 0.273. The molecule has 0 saturated heterocycles. The highest BCUT2D eigenvalue weighted by molar-refractivity contribution is 6.01. The van der Waals surface area contributed by atoms with E-state index in [2.05, 4.69) is 10.1 Å². The lowest BCUT2D eigenvalue weighted by atomic mass is 10.1. The molecule has 19 heavy (non-hydrogen) atoms.